The number of hydrogen-bond donors (Lipinski definition) is 1. The zero-order chi connectivity index (χ0) is 10.1. The molecule has 0 aliphatic carbocycles. The van der Waals surface area contributed by atoms with Crippen molar-refractivity contribution in [1.29, 1.82) is 0 Å². The summed E-state index contributed by atoms with van der Waals surface area (Å²) in [6.45, 7) is 4.13. The van der Waals surface area contributed by atoms with Crippen LogP contribution < -0.4 is 5.73 Å². The SMILES string of the molecule is CC(C)c1nc2ccccc2nc1N. The third kappa shape index (κ3) is 1.41. The van der Waals surface area contributed by atoms with Gasteiger partial charge in [0.15, 0.2) is 0 Å². The van der Waals surface area contributed by atoms with Gasteiger partial charge in [-0.3, -0.25) is 0 Å². The standard InChI is InChI=1S/C11H13N3/c1-7(2)10-11(12)14-9-6-4-3-5-8(9)13-10/h3-7H,1-2H3,(H2,12,14). The number of rotatable bonds is 1. The first-order valence-electron chi connectivity index (χ1n) is 4.70. The number of nitrogens with zero attached hydrogens (tertiary/aromatic N) is 2. The summed E-state index contributed by atoms with van der Waals surface area (Å²) in [5.74, 6) is 0.853. The van der Waals surface area contributed by atoms with Crippen LogP contribution >= 0.6 is 0 Å². The third-order valence-electron chi connectivity index (χ3n) is 2.17. The normalized spacial score (nSPS) is 11.1. The largest absolute Gasteiger partial charge is 0.382 e. The average Bonchev–Trinajstić information content (AvgIpc) is 2.16. The molecule has 0 amide bonds. The summed E-state index contributed by atoms with van der Waals surface area (Å²) in [5.41, 5.74) is 8.46. The van der Waals surface area contributed by atoms with Crippen molar-refractivity contribution in [3.8, 4) is 0 Å². The molecule has 3 nitrogen and oxygen atoms in total. The number of nitrogens with two attached hydrogens (primary N) is 1. The number of fused-ring (bicyclic) bond motifs is 1. The van der Waals surface area contributed by atoms with Crippen molar-refractivity contribution in [3.63, 3.8) is 0 Å². The Labute approximate surface area is 83.0 Å². The monoisotopic (exact) mass is 187 g/mol. The summed E-state index contributed by atoms with van der Waals surface area (Å²) in [4.78, 5) is 8.80. The van der Waals surface area contributed by atoms with Crippen molar-refractivity contribution in [2.75, 3.05) is 5.73 Å². The van der Waals surface area contributed by atoms with Crippen molar-refractivity contribution < 1.29 is 0 Å². The molecule has 2 rings (SSSR count). The smallest absolute Gasteiger partial charge is 0.146 e. The molecule has 0 atom stereocenters. The summed E-state index contributed by atoms with van der Waals surface area (Å²) >= 11 is 0. The van der Waals surface area contributed by atoms with E-state index in [1.54, 1.807) is 0 Å². The van der Waals surface area contributed by atoms with E-state index in [2.05, 4.69) is 23.8 Å². The number of aromatic nitrogens is 2. The lowest BCUT2D eigenvalue weighted by molar-refractivity contribution is 0.827. The van der Waals surface area contributed by atoms with Crippen molar-refractivity contribution in [1.82, 2.24) is 9.97 Å². The molecule has 2 N–H and O–H groups in total. The molecule has 1 aromatic heterocycles. The Morgan fingerprint density at radius 2 is 1.64 bits per heavy atom. The average molecular weight is 187 g/mol. The molecule has 1 aromatic carbocycles. The number of hydrogen-bond acceptors (Lipinski definition) is 3. The molecule has 0 saturated carbocycles. The summed E-state index contributed by atoms with van der Waals surface area (Å²) in [5, 5.41) is 0. The predicted molar refractivity (Wildman–Crippen MR) is 58.0 cm³/mol. The van der Waals surface area contributed by atoms with Crippen LogP contribution in [0.15, 0.2) is 24.3 Å². The summed E-state index contributed by atoms with van der Waals surface area (Å²) in [7, 11) is 0. The minimum absolute atomic E-state index is 0.312. The van der Waals surface area contributed by atoms with Gasteiger partial charge in [-0.15, -0.1) is 0 Å². The Kier molecular flexibility index (Phi) is 2.08. The second-order valence-electron chi connectivity index (χ2n) is 3.64. The number of benzene rings is 1. The van der Waals surface area contributed by atoms with E-state index in [0.29, 0.717) is 11.7 Å². The first-order valence-corrected chi connectivity index (χ1v) is 4.70. The van der Waals surface area contributed by atoms with Gasteiger partial charge in [0.2, 0.25) is 0 Å². The van der Waals surface area contributed by atoms with Crippen LogP contribution in [0.4, 0.5) is 5.82 Å². The van der Waals surface area contributed by atoms with E-state index in [1.807, 2.05) is 24.3 Å². The van der Waals surface area contributed by atoms with Crippen molar-refractivity contribution in [2.45, 2.75) is 19.8 Å². The Hall–Kier alpha value is -1.64. The molecule has 0 unspecified atom stereocenters. The maximum Gasteiger partial charge on any atom is 0.146 e. The van der Waals surface area contributed by atoms with Crippen LogP contribution in [0.2, 0.25) is 0 Å². The van der Waals surface area contributed by atoms with Crippen LogP contribution in [-0.2, 0) is 0 Å². The van der Waals surface area contributed by atoms with Gasteiger partial charge in [-0.1, -0.05) is 26.0 Å². The summed E-state index contributed by atoms with van der Waals surface area (Å²) < 4.78 is 0. The zero-order valence-electron chi connectivity index (χ0n) is 8.36. The topological polar surface area (TPSA) is 51.8 Å². The highest BCUT2D eigenvalue weighted by atomic mass is 14.9. The second kappa shape index (κ2) is 3.25. The molecule has 0 saturated heterocycles. The van der Waals surface area contributed by atoms with E-state index in [4.69, 9.17) is 5.73 Å². The van der Waals surface area contributed by atoms with E-state index in [0.717, 1.165) is 16.7 Å². The first kappa shape index (κ1) is 8.94. The molecule has 0 aliphatic heterocycles. The van der Waals surface area contributed by atoms with Crippen LogP contribution in [0, 0.1) is 0 Å². The van der Waals surface area contributed by atoms with Crippen LogP contribution in [0.25, 0.3) is 11.0 Å². The maximum atomic E-state index is 5.81. The van der Waals surface area contributed by atoms with E-state index in [1.165, 1.54) is 0 Å². The molecule has 0 spiro atoms. The highest BCUT2D eigenvalue weighted by Crippen LogP contribution is 2.20. The predicted octanol–water partition coefficient (Wildman–Crippen LogP) is 2.34. The van der Waals surface area contributed by atoms with E-state index < -0.39 is 0 Å². The van der Waals surface area contributed by atoms with Crippen LogP contribution in [0.5, 0.6) is 0 Å². The van der Waals surface area contributed by atoms with Crippen LogP contribution in [0.1, 0.15) is 25.5 Å². The Morgan fingerprint density at radius 1 is 1.07 bits per heavy atom. The lowest BCUT2D eigenvalue weighted by Crippen LogP contribution is -2.03. The molecule has 3 heteroatoms. The van der Waals surface area contributed by atoms with Gasteiger partial charge in [0.25, 0.3) is 0 Å². The molecule has 0 fully saturated rings. The molecule has 2 aromatic rings. The fourth-order valence-corrected chi connectivity index (χ4v) is 1.45. The molecule has 0 bridgehead atoms. The molecule has 0 radical (unpaired) electrons. The second-order valence-corrected chi connectivity index (χ2v) is 3.64. The fourth-order valence-electron chi connectivity index (χ4n) is 1.45. The van der Waals surface area contributed by atoms with Gasteiger partial charge in [0.05, 0.1) is 16.7 Å². The van der Waals surface area contributed by atoms with Crippen molar-refractivity contribution in [3.05, 3.63) is 30.0 Å². The summed E-state index contributed by atoms with van der Waals surface area (Å²) in [6.07, 6.45) is 0. The number of anilines is 1. The molecule has 72 valence electrons. The minimum atomic E-state index is 0.312. The molecule has 14 heavy (non-hydrogen) atoms. The zero-order valence-corrected chi connectivity index (χ0v) is 8.36. The minimum Gasteiger partial charge on any atom is -0.382 e. The Balaban J connectivity index is 2.71. The van der Waals surface area contributed by atoms with Gasteiger partial charge in [0, 0.05) is 0 Å². The van der Waals surface area contributed by atoms with Crippen LogP contribution in [-0.4, -0.2) is 9.97 Å². The lowest BCUT2D eigenvalue weighted by atomic mass is 10.1. The molecule has 0 aliphatic rings. The molecule has 1 heterocycles. The van der Waals surface area contributed by atoms with E-state index in [9.17, 15) is 0 Å². The lowest BCUT2D eigenvalue weighted by Gasteiger charge is -2.08. The maximum absolute atomic E-state index is 5.81. The van der Waals surface area contributed by atoms with Crippen molar-refractivity contribution in [2.24, 2.45) is 0 Å². The van der Waals surface area contributed by atoms with Gasteiger partial charge in [-0.2, -0.15) is 0 Å². The highest BCUT2D eigenvalue weighted by molar-refractivity contribution is 5.76. The molecular formula is C11H13N3. The number of para-hydroxylation sites is 2. The third-order valence-corrected chi connectivity index (χ3v) is 2.17. The van der Waals surface area contributed by atoms with Gasteiger partial charge < -0.3 is 5.73 Å². The Morgan fingerprint density at radius 3 is 2.21 bits per heavy atom. The highest BCUT2D eigenvalue weighted by Gasteiger charge is 2.08. The fraction of sp³-hybridized carbons (Fsp3) is 0.273. The Bertz CT molecular complexity index is 463. The van der Waals surface area contributed by atoms with Gasteiger partial charge in [-0.05, 0) is 18.1 Å². The van der Waals surface area contributed by atoms with Gasteiger partial charge in [0.1, 0.15) is 5.82 Å². The van der Waals surface area contributed by atoms with Crippen molar-refractivity contribution >= 4 is 16.9 Å². The van der Waals surface area contributed by atoms with E-state index >= 15 is 0 Å². The van der Waals surface area contributed by atoms with Gasteiger partial charge >= 0.3 is 0 Å². The van der Waals surface area contributed by atoms with Gasteiger partial charge in [-0.25, -0.2) is 9.97 Å². The molecular weight excluding hydrogens is 174 g/mol. The van der Waals surface area contributed by atoms with Crippen LogP contribution in [0.3, 0.4) is 0 Å². The van der Waals surface area contributed by atoms with E-state index in [-0.39, 0.29) is 0 Å². The quantitative estimate of drug-likeness (QED) is 0.745. The number of nitrogen functional groups attached to an aromatic ring is 1. The summed E-state index contributed by atoms with van der Waals surface area (Å²) in [6, 6.07) is 7.76. The first-order chi connectivity index (χ1) is 6.68.